The number of anilines is 2. The first-order valence-electron chi connectivity index (χ1n) is 6.83. The van der Waals surface area contributed by atoms with Crippen molar-refractivity contribution in [2.45, 2.75) is 24.7 Å². The van der Waals surface area contributed by atoms with E-state index in [9.17, 15) is 8.42 Å². The van der Waals surface area contributed by atoms with Gasteiger partial charge in [0.05, 0.1) is 5.69 Å². The summed E-state index contributed by atoms with van der Waals surface area (Å²) in [6, 6.07) is 9.04. The lowest BCUT2D eigenvalue weighted by atomic mass is 10.3. The number of benzene rings is 1. The third kappa shape index (κ3) is 3.18. The minimum Gasteiger partial charge on any atom is -0.381 e. The molecule has 2 aromatic rings. The van der Waals surface area contributed by atoms with Crippen LogP contribution < -0.4 is 10.0 Å². The van der Waals surface area contributed by atoms with Gasteiger partial charge in [0, 0.05) is 19.8 Å². The van der Waals surface area contributed by atoms with Gasteiger partial charge < -0.3 is 5.73 Å². The Balaban J connectivity index is 2.47. The Morgan fingerprint density at radius 2 is 1.95 bits per heavy atom. The molecule has 1 aromatic heterocycles. The fraction of sp³-hybridized carbons (Fsp3) is 0.357. The lowest BCUT2D eigenvalue weighted by Crippen LogP contribution is -2.32. The van der Waals surface area contributed by atoms with Gasteiger partial charge in [0.1, 0.15) is 4.90 Å². The van der Waals surface area contributed by atoms with Gasteiger partial charge in [-0.1, -0.05) is 31.5 Å². The molecule has 0 aliphatic carbocycles. The van der Waals surface area contributed by atoms with Crippen molar-refractivity contribution < 1.29 is 8.42 Å². The number of nitrogens with zero attached hydrogens (tertiary/aromatic N) is 3. The van der Waals surface area contributed by atoms with Gasteiger partial charge in [0.25, 0.3) is 10.0 Å². The molecule has 2 N–H and O–H groups in total. The number of sulfonamides is 1. The molecule has 0 saturated carbocycles. The molecule has 0 aliphatic rings. The van der Waals surface area contributed by atoms with E-state index in [4.69, 9.17) is 5.73 Å². The normalized spacial score (nSPS) is 11.5. The Morgan fingerprint density at radius 3 is 2.48 bits per heavy atom. The summed E-state index contributed by atoms with van der Waals surface area (Å²) < 4.78 is 28.5. The molecule has 0 radical (unpaired) electrons. The van der Waals surface area contributed by atoms with Gasteiger partial charge in [-0.15, -0.1) is 0 Å². The second kappa shape index (κ2) is 6.17. The Morgan fingerprint density at radius 1 is 1.29 bits per heavy atom. The predicted molar refractivity (Wildman–Crippen MR) is 83.5 cm³/mol. The van der Waals surface area contributed by atoms with Crippen LogP contribution in [0.1, 0.15) is 19.8 Å². The van der Waals surface area contributed by atoms with E-state index in [0.717, 1.165) is 12.8 Å². The van der Waals surface area contributed by atoms with Crippen molar-refractivity contribution in [1.29, 1.82) is 0 Å². The van der Waals surface area contributed by atoms with Crippen molar-refractivity contribution in [3.05, 3.63) is 36.5 Å². The molecular formula is C14H20N4O2S. The second-order valence-electron chi connectivity index (χ2n) is 4.82. The molecule has 2 rings (SSSR count). The molecule has 6 nitrogen and oxygen atoms in total. The number of rotatable bonds is 6. The van der Waals surface area contributed by atoms with Crippen molar-refractivity contribution in [1.82, 2.24) is 9.78 Å². The summed E-state index contributed by atoms with van der Waals surface area (Å²) >= 11 is 0. The maximum atomic E-state index is 12.9. The quantitative estimate of drug-likeness (QED) is 0.885. The summed E-state index contributed by atoms with van der Waals surface area (Å²) in [4.78, 5) is 0.0463. The van der Waals surface area contributed by atoms with Gasteiger partial charge in [0.15, 0.2) is 5.82 Å². The summed E-state index contributed by atoms with van der Waals surface area (Å²) in [6.45, 7) is 2.44. The molecule has 0 aliphatic heterocycles. The van der Waals surface area contributed by atoms with Gasteiger partial charge in [-0.2, -0.15) is 5.10 Å². The van der Waals surface area contributed by atoms with Gasteiger partial charge in [-0.05, 0) is 18.6 Å². The second-order valence-corrected chi connectivity index (χ2v) is 6.65. The average Bonchev–Trinajstić information content (AvgIpc) is 2.80. The van der Waals surface area contributed by atoms with Crippen LogP contribution in [0, 0.1) is 0 Å². The highest BCUT2D eigenvalue weighted by atomic mass is 32.2. The zero-order chi connectivity index (χ0) is 15.5. The molecule has 0 amide bonds. The third-order valence-electron chi connectivity index (χ3n) is 3.15. The number of hydrogen-bond donors (Lipinski definition) is 1. The van der Waals surface area contributed by atoms with Crippen LogP contribution in [-0.2, 0) is 17.1 Å². The van der Waals surface area contributed by atoms with Gasteiger partial charge in [-0.25, -0.2) is 8.42 Å². The van der Waals surface area contributed by atoms with Gasteiger partial charge in [-0.3, -0.25) is 8.99 Å². The lowest BCUT2D eigenvalue weighted by molar-refractivity contribution is 0.589. The van der Waals surface area contributed by atoms with E-state index >= 15 is 0 Å². The standard InChI is InChI=1S/C14H20N4O2S/c1-3-4-10-18(12-8-6-5-7-9-12)21(19,20)13-11-17(2)16-14(13)15/h5-9,11H,3-4,10H2,1-2H3,(H2,15,16). The molecule has 0 fully saturated rings. The first-order chi connectivity index (χ1) is 9.96. The number of nitrogens with two attached hydrogens (primary N) is 1. The van der Waals surface area contributed by atoms with Crippen molar-refractivity contribution >= 4 is 21.5 Å². The number of unbranched alkanes of at least 4 members (excludes halogenated alkanes) is 1. The molecule has 0 spiro atoms. The predicted octanol–water partition coefficient (Wildman–Crippen LogP) is 2.00. The zero-order valence-corrected chi connectivity index (χ0v) is 13.0. The molecule has 1 heterocycles. The molecule has 0 bridgehead atoms. The number of aryl methyl sites for hydroxylation is 1. The van der Waals surface area contributed by atoms with E-state index in [0.29, 0.717) is 12.2 Å². The van der Waals surface area contributed by atoms with Crippen LogP contribution >= 0.6 is 0 Å². The van der Waals surface area contributed by atoms with Crippen molar-refractivity contribution in [3.8, 4) is 0 Å². The molecule has 7 heteroatoms. The first kappa shape index (κ1) is 15.4. The topological polar surface area (TPSA) is 81.2 Å². The minimum atomic E-state index is -3.71. The molecule has 0 unspecified atom stereocenters. The van der Waals surface area contributed by atoms with Crippen LogP contribution in [0.15, 0.2) is 41.4 Å². The number of nitrogen functional groups attached to an aromatic ring is 1. The summed E-state index contributed by atoms with van der Waals surface area (Å²) in [7, 11) is -2.06. The Labute approximate surface area is 125 Å². The van der Waals surface area contributed by atoms with E-state index in [1.807, 2.05) is 25.1 Å². The van der Waals surface area contributed by atoms with Crippen LogP contribution in [-0.4, -0.2) is 24.7 Å². The molecule has 0 atom stereocenters. The van der Waals surface area contributed by atoms with E-state index in [-0.39, 0.29) is 10.7 Å². The summed E-state index contributed by atoms with van der Waals surface area (Å²) in [5.41, 5.74) is 6.37. The fourth-order valence-corrected chi connectivity index (χ4v) is 3.68. The zero-order valence-electron chi connectivity index (χ0n) is 12.2. The van der Waals surface area contributed by atoms with Crippen molar-refractivity contribution in [2.24, 2.45) is 7.05 Å². The van der Waals surface area contributed by atoms with Crippen LogP contribution in [0.25, 0.3) is 0 Å². The summed E-state index contributed by atoms with van der Waals surface area (Å²) in [6.07, 6.45) is 3.11. The van der Waals surface area contributed by atoms with Crippen LogP contribution in [0.4, 0.5) is 11.5 Å². The van der Waals surface area contributed by atoms with Crippen molar-refractivity contribution in [3.63, 3.8) is 0 Å². The van der Waals surface area contributed by atoms with Crippen LogP contribution in [0.3, 0.4) is 0 Å². The van der Waals surface area contributed by atoms with Crippen molar-refractivity contribution in [2.75, 3.05) is 16.6 Å². The van der Waals surface area contributed by atoms with E-state index < -0.39 is 10.0 Å². The maximum absolute atomic E-state index is 12.9. The lowest BCUT2D eigenvalue weighted by Gasteiger charge is -2.23. The first-order valence-corrected chi connectivity index (χ1v) is 8.27. The monoisotopic (exact) mass is 308 g/mol. The molecule has 21 heavy (non-hydrogen) atoms. The van der Waals surface area contributed by atoms with E-state index in [1.165, 1.54) is 15.2 Å². The number of para-hydroxylation sites is 1. The van der Waals surface area contributed by atoms with E-state index in [1.54, 1.807) is 19.2 Å². The summed E-state index contributed by atoms with van der Waals surface area (Å²) in [5, 5.41) is 3.92. The molecule has 0 saturated heterocycles. The molecule has 1 aromatic carbocycles. The minimum absolute atomic E-state index is 0.0231. The Kier molecular flexibility index (Phi) is 4.52. The highest BCUT2D eigenvalue weighted by Crippen LogP contribution is 2.26. The highest BCUT2D eigenvalue weighted by Gasteiger charge is 2.28. The van der Waals surface area contributed by atoms with Crippen LogP contribution in [0.5, 0.6) is 0 Å². The Hall–Kier alpha value is -2.02. The number of aromatic nitrogens is 2. The maximum Gasteiger partial charge on any atom is 0.269 e. The van der Waals surface area contributed by atoms with Crippen LogP contribution in [0.2, 0.25) is 0 Å². The van der Waals surface area contributed by atoms with Gasteiger partial charge >= 0.3 is 0 Å². The third-order valence-corrected chi connectivity index (χ3v) is 4.99. The van der Waals surface area contributed by atoms with E-state index in [2.05, 4.69) is 5.10 Å². The SMILES string of the molecule is CCCCN(c1ccccc1)S(=O)(=O)c1cn(C)nc1N. The summed E-state index contributed by atoms with van der Waals surface area (Å²) in [5.74, 6) is 0.0231. The largest absolute Gasteiger partial charge is 0.381 e. The number of hydrogen-bond acceptors (Lipinski definition) is 4. The molecule has 114 valence electrons. The smallest absolute Gasteiger partial charge is 0.269 e. The molecular weight excluding hydrogens is 288 g/mol. The fourth-order valence-electron chi connectivity index (χ4n) is 2.09. The van der Waals surface area contributed by atoms with Gasteiger partial charge in [0.2, 0.25) is 0 Å². The average molecular weight is 308 g/mol. The highest BCUT2D eigenvalue weighted by molar-refractivity contribution is 7.93. The Bertz CT molecular complexity index is 695.